The second-order valence-electron chi connectivity index (χ2n) is 8.29. The van der Waals surface area contributed by atoms with Gasteiger partial charge in [0.15, 0.2) is 0 Å². The highest BCUT2D eigenvalue weighted by Gasteiger charge is 2.47. The number of imide groups is 1. The third-order valence-corrected chi connectivity index (χ3v) is 6.42. The number of urea groups is 1. The summed E-state index contributed by atoms with van der Waals surface area (Å²) in [7, 11) is 0. The maximum atomic E-state index is 12.9. The number of hydrogen-bond acceptors (Lipinski definition) is 4. The molecule has 2 N–H and O–H groups in total. The molecule has 2 aliphatic heterocycles. The second kappa shape index (κ2) is 7.80. The van der Waals surface area contributed by atoms with Crippen molar-refractivity contribution in [3.8, 4) is 0 Å². The van der Waals surface area contributed by atoms with Crippen LogP contribution in [0.2, 0.25) is 0 Å². The van der Waals surface area contributed by atoms with Gasteiger partial charge in [-0.15, -0.1) is 0 Å². The van der Waals surface area contributed by atoms with Crippen LogP contribution >= 0.6 is 0 Å². The van der Waals surface area contributed by atoms with Gasteiger partial charge in [-0.3, -0.25) is 19.7 Å². The van der Waals surface area contributed by atoms with Crippen molar-refractivity contribution in [1.29, 1.82) is 0 Å². The van der Waals surface area contributed by atoms with Gasteiger partial charge in [-0.2, -0.15) is 0 Å². The SMILES string of the molecule is CCCN1C(=O)C2Cc3c(n(Cc4ccc(C(=O)NO)cc4)c4ccccc34)CN2C1=O. The summed E-state index contributed by atoms with van der Waals surface area (Å²) in [4.78, 5) is 40.5. The fourth-order valence-electron chi connectivity index (χ4n) is 4.88. The zero-order valence-electron chi connectivity index (χ0n) is 17.7. The lowest BCUT2D eigenvalue weighted by atomic mass is 9.97. The zero-order valence-corrected chi connectivity index (χ0v) is 17.7. The van der Waals surface area contributed by atoms with E-state index in [4.69, 9.17) is 5.21 Å². The topological polar surface area (TPSA) is 94.9 Å². The Balaban J connectivity index is 1.53. The van der Waals surface area contributed by atoms with Crippen molar-refractivity contribution >= 4 is 28.7 Å². The molecule has 0 radical (unpaired) electrons. The first-order chi connectivity index (χ1) is 15.5. The van der Waals surface area contributed by atoms with Crippen LogP contribution in [0, 0.1) is 0 Å². The molecule has 0 spiro atoms. The lowest BCUT2D eigenvalue weighted by molar-refractivity contribution is -0.128. The smallest absolute Gasteiger partial charge is 0.327 e. The summed E-state index contributed by atoms with van der Waals surface area (Å²) in [6.45, 7) is 3.37. The van der Waals surface area contributed by atoms with E-state index in [1.54, 1.807) is 22.5 Å². The molecule has 3 aromatic rings. The van der Waals surface area contributed by atoms with Crippen molar-refractivity contribution < 1.29 is 19.6 Å². The van der Waals surface area contributed by atoms with Crippen molar-refractivity contribution in [1.82, 2.24) is 19.8 Å². The van der Waals surface area contributed by atoms with Gasteiger partial charge in [0.2, 0.25) is 0 Å². The number of carbonyl (C=O) groups is 3. The van der Waals surface area contributed by atoms with E-state index in [0.29, 0.717) is 31.6 Å². The first kappa shape index (κ1) is 20.3. The molecule has 5 rings (SSSR count). The Morgan fingerprint density at radius 1 is 1.12 bits per heavy atom. The van der Waals surface area contributed by atoms with E-state index >= 15 is 0 Å². The molecule has 0 aliphatic carbocycles. The number of amides is 4. The maximum absolute atomic E-state index is 12.9. The number of aromatic nitrogens is 1. The molecule has 4 amide bonds. The molecule has 1 aromatic heterocycles. The van der Waals surface area contributed by atoms with Crippen molar-refractivity contribution in [3.63, 3.8) is 0 Å². The van der Waals surface area contributed by atoms with Gasteiger partial charge in [0, 0.05) is 41.7 Å². The summed E-state index contributed by atoms with van der Waals surface area (Å²) in [5, 5.41) is 9.92. The van der Waals surface area contributed by atoms with Gasteiger partial charge < -0.3 is 9.47 Å². The lowest BCUT2D eigenvalue weighted by Gasteiger charge is -2.28. The molecule has 3 heterocycles. The monoisotopic (exact) mass is 432 g/mol. The molecule has 1 unspecified atom stereocenters. The van der Waals surface area contributed by atoms with Crippen molar-refractivity contribution in [2.24, 2.45) is 0 Å². The number of hydrogen-bond donors (Lipinski definition) is 2. The number of hydroxylamine groups is 1. The van der Waals surface area contributed by atoms with Crippen molar-refractivity contribution in [2.45, 2.75) is 38.9 Å². The fraction of sp³-hybridized carbons (Fsp3) is 0.292. The molecule has 2 aromatic carbocycles. The number of rotatable bonds is 5. The van der Waals surface area contributed by atoms with Crippen LogP contribution in [0.1, 0.15) is 40.5 Å². The third kappa shape index (κ3) is 3.06. The summed E-state index contributed by atoms with van der Waals surface area (Å²) in [5.41, 5.74) is 6.22. The van der Waals surface area contributed by atoms with Crippen molar-refractivity contribution in [3.05, 3.63) is 70.9 Å². The quantitative estimate of drug-likeness (QED) is 0.368. The van der Waals surface area contributed by atoms with Crippen LogP contribution in [0.3, 0.4) is 0 Å². The summed E-state index contributed by atoms with van der Waals surface area (Å²) < 4.78 is 2.20. The number of fused-ring (bicyclic) bond motifs is 4. The number of para-hydroxylation sites is 1. The molecule has 164 valence electrons. The van der Waals surface area contributed by atoms with Crippen molar-refractivity contribution in [2.75, 3.05) is 6.54 Å². The number of carbonyl (C=O) groups excluding carboxylic acids is 3. The van der Waals surface area contributed by atoms with E-state index in [1.807, 2.05) is 31.2 Å². The summed E-state index contributed by atoms with van der Waals surface area (Å²) in [6, 6.07) is 14.5. The largest absolute Gasteiger partial charge is 0.338 e. The average Bonchev–Trinajstić information content (AvgIpc) is 3.25. The molecular weight excluding hydrogens is 408 g/mol. The third-order valence-electron chi connectivity index (χ3n) is 6.42. The van der Waals surface area contributed by atoms with E-state index < -0.39 is 11.9 Å². The van der Waals surface area contributed by atoms with Gasteiger partial charge in [-0.25, -0.2) is 10.3 Å². The molecule has 8 heteroatoms. The zero-order chi connectivity index (χ0) is 22.4. The molecule has 2 aliphatic rings. The van der Waals surface area contributed by atoms with E-state index in [9.17, 15) is 14.4 Å². The Kier molecular flexibility index (Phi) is 4.94. The molecule has 1 saturated heterocycles. The Bertz CT molecular complexity index is 1230. The van der Waals surface area contributed by atoms with Crippen LogP contribution in [0.5, 0.6) is 0 Å². The summed E-state index contributed by atoms with van der Waals surface area (Å²) >= 11 is 0. The number of nitrogens with one attached hydrogen (secondary N) is 1. The Morgan fingerprint density at radius 3 is 2.59 bits per heavy atom. The minimum absolute atomic E-state index is 0.0999. The summed E-state index contributed by atoms with van der Waals surface area (Å²) in [5.74, 6) is -0.655. The first-order valence-electron chi connectivity index (χ1n) is 10.8. The molecule has 8 nitrogen and oxygen atoms in total. The minimum atomic E-state index is -0.555. The van der Waals surface area contributed by atoms with Crippen LogP contribution in [-0.2, 0) is 24.3 Å². The highest BCUT2D eigenvalue weighted by atomic mass is 16.5. The molecule has 1 atom stereocenters. The predicted octanol–water partition coefficient (Wildman–Crippen LogP) is 2.91. The highest BCUT2D eigenvalue weighted by molar-refractivity contribution is 6.05. The number of benzene rings is 2. The fourth-order valence-corrected chi connectivity index (χ4v) is 4.88. The van der Waals surface area contributed by atoms with Crippen LogP contribution in [0.25, 0.3) is 10.9 Å². The first-order valence-corrected chi connectivity index (χ1v) is 10.8. The maximum Gasteiger partial charge on any atom is 0.327 e. The van der Waals surface area contributed by atoms with E-state index in [1.165, 1.54) is 4.90 Å². The van der Waals surface area contributed by atoms with Crippen LogP contribution in [0.15, 0.2) is 48.5 Å². The highest BCUT2D eigenvalue weighted by Crippen LogP contribution is 2.36. The molecular formula is C24H24N4O4. The minimum Gasteiger partial charge on any atom is -0.338 e. The van der Waals surface area contributed by atoms with Gasteiger partial charge in [-0.1, -0.05) is 37.3 Å². The van der Waals surface area contributed by atoms with Crippen LogP contribution in [-0.4, -0.2) is 50.0 Å². The van der Waals surface area contributed by atoms with Gasteiger partial charge in [-0.05, 0) is 35.7 Å². The normalized spacial score (nSPS) is 17.6. The number of nitrogens with zero attached hydrogens (tertiary/aromatic N) is 3. The Morgan fingerprint density at radius 2 is 1.88 bits per heavy atom. The van der Waals surface area contributed by atoms with Gasteiger partial charge in [0.25, 0.3) is 11.8 Å². The summed E-state index contributed by atoms with van der Waals surface area (Å²) in [6.07, 6.45) is 1.26. The Hall–Kier alpha value is -3.65. The van der Waals surface area contributed by atoms with E-state index in [2.05, 4.69) is 16.7 Å². The molecule has 32 heavy (non-hydrogen) atoms. The second-order valence-corrected chi connectivity index (χ2v) is 8.29. The molecule has 0 bridgehead atoms. The lowest BCUT2D eigenvalue weighted by Crippen LogP contribution is -2.40. The van der Waals surface area contributed by atoms with Gasteiger partial charge >= 0.3 is 6.03 Å². The predicted molar refractivity (Wildman–Crippen MR) is 117 cm³/mol. The van der Waals surface area contributed by atoms with Crippen LogP contribution < -0.4 is 5.48 Å². The molecule has 1 fully saturated rings. The standard InChI is InChI=1S/C24H24N4O4/c1-2-11-26-23(30)20-12-18-17-5-3-4-6-19(17)27(21(18)14-28(20)24(26)31)13-15-7-9-16(10-8-15)22(29)25-32/h3-10,20,32H,2,11-14H2,1H3,(H,25,29). The molecule has 0 saturated carbocycles. The van der Waals surface area contributed by atoms with E-state index in [-0.39, 0.29) is 11.9 Å². The van der Waals surface area contributed by atoms with Crippen LogP contribution in [0.4, 0.5) is 4.79 Å². The Labute approximate surface area is 185 Å². The average molecular weight is 432 g/mol. The van der Waals surface area contributed by atoms with Gasteiger partial charge in [0.1, 0.15) is 6.04 Å². The van der Waals surface area contributed by atoms with Gasteiger partial charge in [0.05, 0.1) is 6.54 Å². The van der Waals surface area contributed by atoms with E-state index in [0.717, 1.165) is 34.1 Å².